The molecular weight excluding hydrogens is 406 g/mol. The summed E-state index contributed by atoms with van der Waals surface area (Å²) in [6.45, 7) is 6.85. The summed E-state index contributed by atoms with van der Waals surface area (Å²) in [7, 11) is 0. The number of para-hydroxylation sites is 1. The Morgan fingerprint density at radius 1 is 0.968 bits per heavy atom. The van der Waals surface area contributed by atoms with Gasteiger partial charge in [0, 0.05) is 26.2 Å². The molecule has 31 heavy (non-hydrogen) atoms. The fraction of sp³-hybridized carbons (Fsp3) is 0.391. The van der Waals surface area contributed by atoms with Gasteiger partial charge in [-0.15, -0.1) is 5.10 Å². The lowest BCUT2D eigenvalue weighted by atomic mass is 10.1. The number of piperazine rings is 1. The molecule has 7 nitrogen and oxygen atoms in total. The molecule has 1 fully saturated rings. The van der Waals surface area contributed by atoms with E-state index in [0.717, 1.165) is 55.5 Å². The van der Waals surface area contributed by atoms with Crippen molar-refractivity contribution in [3.05, 3.63) is 66.0 Å². The third kappa shape index (κ3) is 4.31. The molecule has 0 radical (unpaired) electrons. The van der Waals surface area contributed by atoms with Gasteiger partial charge in [-0.1, -0.05) is 67.1 Å². The third-order valence-electron chi connectivity index (χ3n) is 5.90. The molecule has 1 saturated heterocycles. The van der Waals surface area contributed by atoms with Crippen molar-refractivity contribution in [3.63, 3.8) is 0 Å². The minimum absolute atomic E-state index is 0.237. The van der Waals surface area contributed by atoms with Gasteiger partial charge in [-0.3, -0.25) is 4.90 Å². The predicted octanol–water partition coefficient (Wildman–Crippen LogP) is 3.99. The number of hydrogen-bond donors (Lipinski definition) is 0. The van der Waals surface area contributed by atoms with E-state index in [1.165, 1.54) is 10.3 Å². The summed E-state index contributed by atoms with van der Waals surface area (Å²) >= 11 is 1.78. The highest BCUT2D eigenvalue weighted by Gasteiger charge is 2.29. The van der Waals surface area contributed by atoms with Crippen LogP contribution in [-0.4, -0.2) is 56.3 Å². The minimum Gasteiger partial charge on any atom is -0.345 e. The zero-order valence-corrected chi connectivity index (χ0v) is 18.6. The highest BCUT2D eigenvalue weighted by atomic mass is 32.1. The number of benzene rings is 2. The largest absolute Gasteiger partial charge is 0.345 e. The summed E-state index contributed by atoms with van der Waals surface area (Å²) in [4.78, 5) is 9.80. The predicted molar refractivity (Wildman–Crippen MR) is 124 cm³/mol. The summed E-state index contributed by atoms with van der Waals surface area (Å²) in [6.07, 6.45) is 2.15. The van der Waals surface area contributed by atoms with Crippen LogP contribution in [0.4, 0.5) is 5.13 Å². The van der Waals surface area contributed by atoms with Gasteiger partial charge in [0.05, 0.1) is 22.8 Å². The Hall–Kier alpha value is -2.84. The van der Waals surface area contributed by atoms with Gasteiger partial charge in [-0.2, -0.15) is 0 Å². The van der Waals surface area contributed by atoms with Gasteiger partial charge < -0.3 is 4.90 Å². The summed E-state index contributed by atoms with van der Waals surface area (Å²) in [5.74, 6) is 0.971. The molecule has 0 bridgehead atoms. The van der Waals surface area contributed by atoms with Crippen molar-refractivity contribution in [2.45, 2.75) is 32.4 Å². The molecule has 0 saturated carbocycles. The van der Waals surface area contributed by atoms with Crippen molar-refractivity contribution in [1.29, 1.82) is 0 Å². The zero-order chi connectivity index (χ0) is 21.0. The lowest BCUT2D eigenvalue weighted by Crippen LogP contribution is -2.48. The fourth-order valence-corrected chi connectivity index (χ4v) is 5.31. The number of hydrogen-bond acceptors (Lipinski definition) is 7. The van der Waals surface area contributed by atoms with Crippen LogP contribution in [0.2, 0.25) is 0 Å². The number of tetrazole rings is 1. The second kappa shape index (κ2) is 9.11. The highest BCUT2D eigenvalue weighted by Crippen LogP contribution is 2.31. The molecule has 0 N–H and O–H groups in total. The van der Waals surface area contributed by atoms with Crippen molar-refractivity contribution in [3.8, 4) is 0 Å². The maximum atomic E-state index is 4.84. The van der Waals surface area contributed by atoms with Gasteiger partial charge in [0.2, 0.25) is 0 Å². The van der Waals surface area contributed by atoms with Crippen LogP contribution in [0.1, 0.15) is 37.2 Å². The molecule has 4 aromatic rings. The van der Waals surface area contributed by atoms with Gasteiger partial charge in [-0.25, -0.2) is 9.67 Å². The molecule has 5 rings (SSSR count). The van der Waals surface area contributed by atoms with E-state index in [0.29, 0.717) is 6.54 Å². The summed E-state index contributed by atoms with van der Waals surface area (Å²) in [5.41, 5.74) is 2.31. The Kier molecular flexibility index (Phi) is 5.90. The summed E-state index contributed by atoms with van der Waals surface area (Å²) in [6, 6.07) is 19.0. The molecule has 8 heteroatoms. The molecule has 0 aliphatic carbocycles. The first-order valence-corrected chi connectivity index (χ1v) is 11.8. The number of fused-ring (bicyclic) bond motifs is 1. The van der Waals surface area contributed by atoms with Crippen LogP contribution in [-0.2, 0) is 6.54 Å². The quantitative estimate of drug-likeness (QED) is 0.439. The maximum absolute atomic E-state index is 4.84. The molecule has 1 aliphatic heterocycles. The van der Waals surface area contributed by atoms with Gasteiger partial charge in [0.15, 0.2) is 11.0 Å². The van der Waals surface area contributed by atoms with Gasteiger partial charge in [0.1, 0.15) is 0 Å². The van der Waals surface area contributed by atoms with Crippen molar-refractivity contribution < 1.29 is 0 Å². The molecule has 1 atom stereocenters. The monoisotopic (exact) mass is 433 g/mol. The molecule has 2 aromatic carbocycles. The lowest BCUT2D eigenvalue weighted by Gasteiger charge is -2.38. The van der Waals surface area contributed by atoms with E-state index in [4.69, 9.17) is 4.98 Å². The van der Waals surface area contributed by atoms with E-state index < -0.39 is 0 Å². The van der Waals surface area contributed by atoms with Crippen molar-refractivity contribution in [2.75, 3.05) is 31.1 Å². The SMILES string of the molecule is CCCC(c1nnnn1Cc1ccccc1)N1CCN(c2nc3ccccc3s2)CC1. The molecule has 0 spiro atoms. The normalized spacial score (nSPS) is 16.1. The van der Waals surface area contributed by atoms with Crippen LogP contribution in [0.25, 0.3) is 10.2 Å². The lowest BCUT2D eigenvalue weighted by molar-refractivity contribution is 0.164. The van der Waals surface area contributed by atoms with E-state index in [2.05, 4.69) is 80.8 Å². The molecule has 160 valence electrons. The zero-order valence-electron chi connectivity index (χ0n) is 17.8. The van der Waals surface area contributed by atoms with Crippen molar-refractivity contribution in [2.24, 2.45) is 0 Å². The van der Waals surface area contributed by atoms with E-state index in [9.17, 15) is 0 Å². The fourth-order valence-electron chi connectivity index (χ4n) is 4.29. The number of aromatic nitrogens is 5. The Morgan fingerprint density at radius 3 is 2.52 bits per heavy atom. The Bertz CT molecular complexity index is 1080. The number of thiazole rings is 1. The van der Waals surface area contributed by atoms with E-state index in [1.807, 2.05) is 10.7 Å². The number of anilines is 1. The second-order valence-corrected chi connectivity index (χ2v) is 8.98. The smallest absolute Gasteiger partial charge is 0.186 e. The standard InChI is InChI=1S/C23H27N7S/c1-2-8-20(22-25-26-27-30(22)17-18-9-4-3-5-10-18)28-13-15-29(16-14-28)23-24-19-11-6-7-12-21(19)31-23/h3-7,9-12,20H,2,8,13-17H2,1H3. The van der Waals surface area contributed by atoms with Crippen LogP contribution >= 0.6 is 11.3 Å². The van der Waals surface area contributed by atoms with Crippen molar-refractivity contribution >= 4 is 26.7 Å². The number of rotatable bonds is 7. The van der Waals surface area contributed by atoms with E-state index in [1.54, 1.807) is 11.3 Å². The van der Waals surface area contributed by atoms with Crippen LogP contribution in [0.15, 0.2) is 54.6 Å². The van der Waals surface area contributed by atoms with Crippen LogP contribution in [0, 0.1) is 0 Å². The summed E-state index contributed by atoms with van der Waals surface area (Å²) < 4.78 is 3.22. The minimum atomic E-state index is 0.237. The van der Waals surface area contributed by atoms with E-state index in [-0.39, 0.29) is 6.04 Å². The molecule has 1 aliphatic rings. The molecule has 1 unspecified atom stereocenters. The third-order valence-corrected chi connectivity index (χ3v) is 7.00. The van der Waals surface area contributed by atoms with Crippen molar-refractivity contribution in [1.82, 2.24) is 30.1 Å². The first kappa shape index (κ1) is 20.1. The first-order valence-electron chi connectivity index (χ1n) is 11.0. The Balaban J connectivity index is 1.30. The first-order chi connectivity index (χ1) is 15.3. The topological polar surface area (TPSA) is 63.0 Å². The van der Waals surface area contributed by atoms with Crippen LogP contribution < -0.4 is 4.90 Å². The molecule has 2 aromatic heterocycles. The summed E-state index contributed by atoms with van der Waals surface area (Å²) in [5, 5.41) is 13.9. The van der Waals surface area contributed by atoms with E-state index >= 15 is 0 Å². The second-order valence-electron chi connectivity index (χ2n) is 7.97. The van der Waals surface area contributed by atoms with Crippen LogP contribution in [0.3, 0.4) is 0 Å². The van der Waals surface area contributed by atoms with Gasteiger partial charge in [-0.05, 0) is 34.5 Å². The molecular formula is C23H27N7S. The number of nitrogens with zero attached hydrogens (tertiary/aromatic N) is 7. The molecule has 0 amide bonds. The average Bonchev–Trinajstić information content (AvgIpc) is 3.45. The maximum Gasteiger partial charge on any atom is 0.186 e. The van der Waals surface area contributed by atoms with Gasteiger partial charge >= 0.3 is 0 Å². The Morgan fingerprint density at radius 2 is 1.74 bits per heavy atom. The van der Waals surface area contributed by atoms with Gasteiger partial charge in [0.25, 0.3) is 0 Å². The van der Waals surface area contributed by atoms with Crippen LogP contribution in [0.5, 0.6) is 0 Å². The average molecular weight is 434 g/mol. The highest BCUT2D eigenvalue weighted by molar-refractivity contribution is 7.22. The Labute approximate surface area is 186 Å². The molecule has 3 heterocycles.